The summed E-state index contributed by atoms with van der Waals surface area (Å²) >= 11 is 0. The summed E-state index contributed by atoms with van der Waals surface area (Å²) in [4.78, 5) is 12.3. The van der Waals surface area contributed by atoms with Crippen LogP contribution in [0.1, 0.15) is 19.3 Å². The first kappa shape index (κ1) is 12.8. The van der Waals surface area contributed by atoms with Gasteiger partial charge >= 0.3 is 6.01 Å². The molecule has 0 radical (unpaired) electrons. The third kappa shape index (κ3) is 2.98. The van der Waals surface area contributed by atoms with Gasteiger partial charge in [-0.2, -0.15) is 15.0 Å². The molecule has 1 aromatic rings. The molecule has 1 aliphatic rings. The van der Waals surface area contributed by atoms with Crippen molar-refractivity contribution in [2.45, 2.75) is 25.4 Å². The van der Waals surface area contributed by atoms with Gasteiger partial charge in [-0.15, -0.1) is 0 Å². The molecule has 0 saturated heterocycles. The Kier molecular flexibility index (Phi) is 4.14. The highest BCUT2D eigenvalue weighted by Gasteiger charge is 2.25. The average molecular weight is 253 g/mol. The summed E-state index contributed by atoms with van der Waals surface area (Å²) < 4.78 is 5.00. The minimum atomic E-state index is -0.218. The molecule has 2 rings (SSSR count). The van der Waals surface area contributed by atoms with Crippen LogP contribution in [0.3, 0.4) is 0 Å². The molecule has 1 fully saturated rings. The van der Waals surface area contributed by atoms with Crippen molar-refractivity contribution < 1.29 is 9.84 Å². The molecule has 0 spiro atoms. The normalized spacial score (nSPS) is 22.8. The number of methoxy groups -OCH3 is 1. The van der Waals surface area contributed by atoms with E-state index in [0.29, 0.717) is 18.4 Å². The first-order valence-corrected chi connectivity index (χ1v) is 6.12. The zero-order valence-electron chi connectivity index (χ0n) is 10.7. The predicted octanol–water partition coefficient (Wildman–Crippen LogP) is 0.495. The molecule has 3 N–H and O–H groups in total. The number of anilines is 2. The molecule has 1 heterocycles. The van der Waals surface area contributed by atoms with Crippen LogP contribution in [-0.2, 0) is 0 Å². The highest BCUT2D eigenvalue weighted by molar-refractivity contribution is 5.35. The van der Waals surface area contributed by atoms with E-state index >= 15 is 0 Å². The second-order valence-electron chi connectivity index (χ2n) is 4.36. The van der Waals surface area contributed by atoms with Crippen LogP contribution in [0, 0.1) is 5.92 Å². The van der Waals surface area contributed by atoms with Gasteiger partial charge in [-0.25, -0.2) is 0 Å². The molecule has 1 saturated carbocycles. The van der Waals surface area contributed by atoms with Gasteiger partial charge in [0, 0.05) is 19.5 Å². The van der Waals surface area contributed by atoms with E-state index in [1.54, 1.807) is 7.05 Å². The smallest absolute Gasteiger partial charge is 0.322 e. The molecule has 7 nitrogen and oxygen atoms in total. The SMILES string of the molecule is CNc1nc(NCC2CCCC2O)nc(OC)n1. The molecule has 2 atom stereocenters. The Hall–Kier alpha value is -1.63. The van der Waals surface area contributed by atoms with Crippen molar-refractivity contribution in [3.05, 3.63) is 0 Å². The summed E-state index contributed by atoms with van der Waals surface area (Å²) in [5.41, 5.74) is 0. The van der Waals surface area contributed by atoms with Crippen LogP contribution in [0.15, 0.2) is 0 Å². The van der Waals surface area contributed by atoms with Gasteiger partial charge in [0.15, 0.2) is 0 Å². The number of aliphatic hydroxyl groups is 1. The van der Waals surface area contributed by atoms with Crippen LogP contribution < -0.4 is 15.4 Å². The largest absolute Gasteiger partial charge is 0.467 e. The lowest BCUT2D eigenvalue weighted by Crippen LogP contribution is -2.23. The molecule has 0 aliphatic heterocycles. The molecule has 2 unspecified atom stereocenters. The van der Waals surface area contributed by atoms with Crippen LogP contribution in [-0.4, -0.2) is 46.9 Å². The van der Waals surface area contributed by atoms with Crippen molar-refractivity contribution >= 4 is 11.9 Å². The lowest BCUT2D eigenvalue weighted by atomic mass is 10.1. The van der Waals surface area contributed by atoms with Crippen molar-refractivity contribution in [2.75, 3.05) is 31.3 Å². The van der Waals surface area contributed by atoms with E-state index in [1.807, 2.05) is 0 Å². The monoisotopic (exact) mass is 253 g/mol. The number of rotatable bonds is 5. The Morgan fingerprint density at radius 3 is 2.67 bits per heavy atom. The number of hydrogen-bond donors (Lipinski definition) is 3. The predicted molar refractivity (Wildman–Crippen MR) is 67.8 cm³/mol. The number of nitrogens with zero attached hydrogens (tertiary/aromatic N) is 3. The van der Waals surface area contributed by atoms with Crippen molar-refractivity contribution in [1.29, 1.82) is 0 Å². The minimum Gasteiger partial charge on any atom is -0.467 e. The molecule has 100 valence electrons. The summed E-state index contributed by atoms with van der Waals surface area (Å²) in [6.07, 6.45) is 2.78. The second kappa shape index (κ2) is 5.81. The lowest BCUT2D eigenvalue weighted by molar-refractivity contribution is 0.138. The van der Waals surface area contributed by atoms with Gasteiger partial charge in [0.05, 0.1) is 13.2 Å². The fourth-order valence-corrected chi connectivity index (χ4v) is 2.12. The van der Waals surface area contributed by atoms with E-state index in [4.69, 9.17) is 4.74 Å². The second-order valence-corrected chi connectivity index (χ2v) is 4.36. The topological polar surface area (TPSA) is 92.2 Å². The molecule has 0 aromatic carbocycles. The molecule has 7 heteroatoms. The fraction of sp³-hybridized carbons (Fsp3) is 0.727. The van der Waals surface area contributed by atoms with Crippen LogP contribution in [0.2, 0.25) is 0 Å². The van der Waals surface area contributed by atoms with Gasteiger partial charge in [-0.3, -0.25) is 0 Å². The third-order valence-corrected chi connectivity index (χ3v) is 3.16. The molecule has 18 heavy (non-hydrogen) atoms. The van der Waals surface area contributed by atoms with Crippen LogP contribution in [0.25, 0.3) is 0 Å². The van der Waals surface area contributed by atoms with E-state index in [-0.39, 0.29) is 18.0 Å². The summed E-state index contributed by atoms with van der Waals surface area (Å²) in [6, 6.07) is 0.267. The van der Waals surface area contributed by atoms with Crippen molar-refractivity contribution in [3.63, 3.8) is 0 Å². The van der Waals surface area contributed by atoms with Gasteiger partial charge < -0.3 is 20.5 Å². The maximum absolute atomic E-state index is 9.74. The van der Waals surface area contributed by atoms with Crippen molar-refractivity contribution in [3.8, 4) is 6.01 Å². The summed E-state index contributed by atoms with van der Waals surface area (Å²) in [6.45, 7) is 0.664. The lowest BCUT2D eigenvalue weighted by Gasteiger charge is -2.15. The van der Waals surface area contributed by atoms with Crippen LogP contribution in [0.4, 0.5) is 11.9 Å². The maximum Gasteiger partial charge on any atom is 0.322 e. The number of aromatic nitrogens is 3. The molecule has 1 aromatic heterocycles. The first-order chi connectivity index (χ1) is 8.72. The molecule has 0 bridgehead atoms. The molecule has 0 amide bonds. The molecule has 1 aliphatic carbocycles. The van der Waals surface area contributed by atoms with Crippen LogP contribution in [0.5, 0.6) is 6.01 Å². The fourth-order valence-electron chi connectivity index (χ4n) is 2.12. The number of nitrogens with one attached hydrogen (secondary N) is 2. The van der Waals surface area contributed by atoms with Crippen LogP contribution >= 0.6 is 0 Å². The maximum atomic E-state index is 9.74. The Labute approximate surface area is 106 Å². The van der Waals surface area contributed by atoms with E-state index in [2.05, 4.69) is 25.6 Å². The van der Waals surface area contributed by atoms with E-state index in [1.165, 1.54) is 7.11 Å². The Balaban J connectivity index is 1.99. The molecular formula is C11H19N5O2. The van der Waals surface area contributed by atoms with Gasteiger partial charge in [-0.05, 0) is 12.8 Å². The highest BCUT2D eigenvalue weighted by atomic mass is 16.5. The Morgan fingerprint density at radius 1 is 1.28 bits per heavy atom. The number of hydrogen-bond acceptors (Lipinski definition) is 7. The van der Waals surface area contributed by atoms with Crippen molar-refractivity contribution in [1.82, 2.24) is 15.0 Å². The summed E-state index contributed by atoms with van der Waals surface area (Å²) in [5.74, 6) is 1.19. The zero-order valence-corrected chi connectivity index (χ0v) is 10.7. The Bertz CT molecular complexity index is 379. The van der Waals surface area contributed by atoms with E-state index in [9.17, 15) is 5.11 Å². The van der Waals surface area contributed by atoms with Gasteiger partial charge in [-0.1, -0.05) is 6.42 Å². The van der Waals surface area contributed by atoms with Crippen molar-refractivity contribution in [2.24, 2.45) is 5.92 Å². The Morgan fingerprint density at radius 2 is 2.06 bits per heavy atom. The highest BCUT2D eigenvalue weighted by Crippen LogP contribution is 2.25. The minimum absolute atomic E-state index is 0.218. The number of aliphatic hydroxyl groups excluding tert-OH is 1. The summed E-state index contributed by atoms with van der Waals surface area (Å²) in [7, 11) is 3.25. The van der Waals surface area contributed by atoms with Gasteiger partial charge in [0.25, 0.3) is 0 Å². The summed E-state index contributed by atoms with van der Waals surface area (Å²) in [5, 5.41) is 15.7. The van der Waals surface area contributed by atoms with E-state index in [0.717, 1.165) is 19.3 Å². The van der Waals surface area contributed by atoms with Gasteiger partial charge in [0.1, 0.15) is 0 Å². The zero-order chi connectivity index (χ0) is 13.0. The quantitative estimate of drug-likeness (QED) is 0.703. The third-order valence-electron chi connectivity index (χ3n) is 3.16. The van der Waals surface area contributed by atoms with E-state index < -0.39 is 0 Å². The molecular weight excluding hydrogens is 234 g/mol. The number of ether oxygens (including phenoxy) is 1. The standard InChI is InChI=1S/C11H19N5O2/c1-12-9-14-10(16-11(15-9)18-2)13-6-7-4-3-5-8(7)17/h7-8,17H,3-6H2,1-2H3,(H2,12,13,14,15,16). The first-order valence-electron chi connectivity index (χ1n) is 6.12. The van der Waals surface area contributed by atoms with Gasteiger partial charge in [0.2, 0.25) is 11.9 Å². The average Bonchev–Trinajstić information content (AvgIpc) is 2.81.